The molecule has 0 amide bonds. The Kier molecular flexibility index (Phi) is 5.26. The fourth-order valence-corrected chi connectivity index (χ4v) is 3.48. The lowest BCUT2D eigenvalue weighted by Crippen LogP contribution is -2.37. The minimum atomic E-state index is 0.350. The van der Waals surface area contributed by atoms with Crippen molar-refractivity contribution in [2.24, 2.45) is 11.3 Å². The van der Waals surface area contributed by atoms with E-state index in [1.807, 2.05) is 0 Å². The molecule has 1 aromatic rings. The van der Waals surface area contributed by atoms with Crippen LogP contribution in [0, 0.1) is 11.3 Å². The molecule has 0 spiro atoms. The van der Waals surface area contributed by atoms with Crippen molar-refractivity contribution in [3.8, 4) is 0 Å². The van der Waals surface area contributed by atoms with E-state index in [0.29, 0.717) is 17.5 Å². The second-order valence-electron chi connectivity index (χ2n) is 7.73. The molecule has 2 rings (SSSR count). The largest absolute Gasteiger partial charge is 0.307 e. The van der Waals surface area contributed by atoms with Crippen LogP contribution in [0.5, 0.6) is 0 Å². The van der Waals surface area contributed by atoms with Gasteiger partial charge in [0.25, 0.3) is 0 Å². The molecule has 1 N–H and O–H groups in total. The SMILES string of the molecule is C[C@H](NC(CC(C)(C)C)c1ccccc1)C1CCCC1. The fourth-order valence-electron chi connectivity index (χ4n) is 3.48. The van der Waals surface area contributed by atoms with E-state index in [9.17, 15) is 0 Å². The van der Waals surface area contributed by atoms with Gasteiger partial charge in [0.15, 0.2) is 0 Å². The van der Waals surface area contributed by atoms with Crippen LogP contribution < -0.4 is 5.32 Å². The maximum atomic E-state index is 3.93. The number of rotatable bonds is 5. The van der Waals surface area contributed by atoms with Gasteiger partial charge in [0.2, 0.25) is 0 Å². The Balaban J connectivity index is 2.06. The summed E-state index contributed by atoms with van der Waals surface area (Å²) in [5, 5.41) is 3.93. The van der Waals surface area contributed by atoms with Gasteiger partial charge in [-0.05, 0) is 43.1 Å². The van der Waals surface area contributed by atoms with Crippen LogP contribution >= 0.6 is 0 Å². The van der Waals surface area contributed by atoms with Gasteiger partial charge in [-0.15, -0.1) is 0 Å². The first-order valence-electron chi connectivity index (χ1n) is 8.27. The molecule has 20 heavy (non-hydrogen) atoms. The van der Waals surface area contributed by atoms with Crippen LogP contribution in [0.1, 0.15) is 71.4 Å². The maximum absolute atomic E-state index is 3.93. The van der Waals surface area contributed by atoms with Gasteiger partial charge in [0.05, 0.1) is 0 Å². The molecule has 0 bridgehead atoms. The lowest BCUT2D eigenvalue weighted by Gasteiger charge is -2.32. The quantitative estimate of drug-likeness (QED) is 0.764. The van der Waals surface area contributed by atoms with Crippen molar-refractivity contribution in [1.82, 2.24) is 5.32 Å². The van der Waals surface area contributed by atoms with Crippen LogP contribution in [0.3, 0.4) is 0 Å². The Morgan fingerprint density at radius 2 is 1.70 bits per heavy atom. The first-order valence-corrected chi connectivity index (χ1v) is 8.27. The summed E-state index contributed by atoms with van der Waals surface area (Å²) in [6, 6.07) is 12.1. The van der Waals surface area contributed by atoms with Crippen molar-refractivity contribution in [3.05, 3.63) is 35.9 Å². The van der Waals surface area contributed by atoms with E-state index in [4.69, 9.17) is 0 Å². The van der Waals surface area contributed by atoms with Crippen molar-refractivity contribution in [1.29, 1.82) is 0 Å². The summed E-state index contributed by atoms with van der Waals surface area (Å²) in [5.74, 6) is 0.876. The van der Waals surface area contributed by atoms with E-state index < -0.39 is 0 Å². The zero-order valence-corrected chi connectivity index (χ0v) is 13.7. The predicted octanol–water partition coefficient (Wildman–Crippen LogP) is 5.33. The van der Waals surface area contributed by atoms with E-state index in [-0.39, 0.29) is 0 Å². The van der Waals surface area contributed by atoms with Crippen molar-refractivity contribution in [2.75, 3.05) is 0 Å². The summed E-state index contributed by atoms with van der Waals surface area (Å²) in [7, 11) is 0. The number of hydrogen-bond donors (Lipinski definition) is 1. The second kappa shape index (κ2) is 6.76. The summed E-state index contributed by atoms with van der Waals surface area (Å²) < 4.78 is 0. The molecule has 0 radical (unpaired) electrons. The molecule has 1 nitrogen and oxygen atoms in total. The molecule has 0 aliphatic heterocycles. The third kappa shape index (κ3) is 4.63. The van der Waals surface area contributed by atoms with Crippen LogP contribution in [-0.2, 0) is 0 Å². The highest BCUT2D eigenvalue weighted by Crippen LogP contribution is 2.33. The first kappa shape index (κ1) is 15.6. The lowest BCUT2D eigenvalue weighted by atomic mass is 9.84. The molecule has 1 unspecified atom stereocenters. The van der Waals surface area contributed by atoms with Crippen LogP contribution in [0.25, 0.3) is 0 Å². The van der Waals surface area contributed by atoms with Gasteiger partial charge in [-0.1, -0.05) is 63.9 Å². The van der Waals surface area contributed by atoms with Gasteiger partial charge < -0.3 is 5.32 Å². The minimum absolute atomic E-state index is 0.350. The number of hydrogen-bond acceptors (Lipinski definition) is 1. The Morgan fingerprint density at radius 1 is 1.10 bits per heavy atom. The summed E-state index contributed by atoms with van der Waals surface area (Å²) in [6.07, 6.45) is 6.85. The Morgan fingerprint density at radius 3 is 2.25 bits per heavy atom. The zero-order chi connectivity index (χ0) is 14.6. The molecule has 0 heterocycles. The number of nitrogens with one attached hydrogen (secondary N) is 1. The molecule has 112 valence electrons. The molecule has 0 saturated heterocycles. The smallest absolute Gasteiger partial charge is 0.0327 e. The minimum Gasteiger partial charge on any atom is -0.307 e. The third-order valence-corrected chi connectivity index (χ3v) is 4.59. The Bertz CT molecular complexity index is 384. The first-order chi connectivity index (χ1) is 9.46. The van der Waals surface area contributed by atoms with Crippen LogP contribution in [0.4, 0.5) is 0 Å². The highest BCUT2D eigenvalue weighted by molar-refractivity contribution is 5.19. The van der Waals surface area contributed by atoms with Gasteiger partial charge in [-0.2, -0.15) is 0 Å². The third-order valence-electron chi connectivity index (χ3n) is 4.59. The van der Waals surface area contributed by atoms with E-state index in [1.165, 1.54) is 37.7 Å². The molecular weight excluding hydrogens is 242 g/mol. The average molecular weight is 273 g/mol. The Hall–Kier alpha value is -0.820. The second-order valence-corrected chi connectivity index (χ2v) is 7.73. The van der Waals surface area contributed by atoms with Gasteiger partial charge >= 0.3 is 0 Å². The van der Waals surface area contributed by atoms with Gasteiger partial charge in [0, 0.05) is 12.1 Å². The monoisotopic (exact) mass is 273 g/mol. The van der Waals surface area contributed by atoms with E-state index in [0.717, 1.165) is 5.92 Å². The lowest BCUT2D eigenvalue weighted by molar-refractivity contribution is 0.268. The molecule has 0 aromatic heterocycles. The van der Waals surface area contributed by atoms with Crippen molar-refractivity contribution in [2.45, 2.75) is 71.9 Å². The van der Waals surface area contributed by atoms with Crippen molar-refractivity contribution in [3.63, 3.8) is 0 Å². The fraction of sp³-hybridized carbons (Fsp3) is 0.684. The van der Waals surface area contributed by atoms with Crippen LogP contribution in [0.2, 0.25) is 0 Å². The summed E-state index contributed by atoms with van der Waals surface area (Å²) in [4.78, 5) is 0. The Labute approximate surface area is 125 Å². The highest BCUT2D eigenvalue weighted by Gasteiger charge is 2.26. The van der Waals surface area contributed by atoms with E-state index in [2.05, 4.69) is 63.3 Å². The molecule has 1 aliphatic rings. The van der Waals surface area contributed by atoms with Crippen LogP contribution in [-0.4, -0.2) is 6.04 Å². The van der Waals surface area contributed by atoms with E-state index >= 15 is 0 Å². The number of benzene rings is 1. The average Bonchev–Trinajstić information content (AvgIpc) is 2.91. The molecule has 1 heteroatoms. The summed E-state index contributed by atoms with van der Waals surface area (Å²) in [5.41, 5.74) is 1.79. The predicted molar refractivity (Wildman–Crippen MR) is 87.8 cm³/mol. The van der Waals surface area contributed by atoms with Crippen molar-refractivity contribution >= 4 is 0 Å². The normalized spacial score (nSPS) is 20.0. The summed E-state index contributed by atoms with van der Waals surface area (Å²) in [6.45, 7) is 9.40. The molecule has 1 aliphatic carbocycles. The van der Waals surface area contributed by atoms with Crippen LogP contribution in [0.15, 0.2) is 30.3 Å². The summed E-state index contributed by atoms with van der Waals surface area (Å²) >= 11 is 0. The standard InChI is InChI=1S/C19H31N/c1-15(16-10-8-9-11-16)20-18(14-19(2,3)4)17-12-6-5-7-13-17/h5-7,12-13,15-16,18,20H,8-11,14H2,1-4H3/t15-,18?/m0/s1. The van der Waals surface area contributed by atoms with Gasteiger partial charge in [0.1, 0.15) is 0 Å². The maximum Gasteiger partial charge on any atom is 0.0327 e. The molecule has 1 fully saturated rings. The molecule has 1 aromatic carbocycles. The molecule has 2 atom stereocenters. The van der Waals surface area contributed by atoms with Gasteiger partial charge in [-0.25, -0.2) is 0 Å². The highest BCUT2D eigenvalue weighted by atomic mass is 15.0. The molecular formula is C19H31N. The van der Waals surface area contributed by atoms with Gasteiger partial charge in [-0.3, -0.25) is 0 Å². The van der Waals surface area contributed by atoms with Crippen molar-refractivity contribution < 1.29 is 0 Å². The molecule has 1 saturated carbocycles. The zero-order valence-electron chi connectivity index (χ0n) is 13.7. The van der Waals surface area contributed by atoms with E-state index in [1.54, 1.807) is 0 Å². The topological polar surface area (TPSA) is 12.0 Å².